The Hall–Kier alpha value is -7.32. The van der Waals surface area contributed by atoms with Crippen LogP contribution in [-0.2, 0) is 19.2 Å². The molecule has 8 rings (SSSR count). The van der Waals surface area contributed by atoms with Crippen molar-refractivity contribution in [3.63, 3.8) is 0 Å². The van der Waals surface area contributed by atoms with Gasteiger partial charge in [-0.25, -0.2) is 9.97 Å². The lowest BCUT2D eigenvalue weighted by Crippen LogP contribution is -2.37. The van der Waals surface area contributed by atoms with E-state index >= 15 is 0 Å². The summed E-state index contributed by atoms with van der Waals surface area (Å²) in [5.41, 5.74) is 8.41. The maximum absolute atomic E-state index is 12.8. The van der Waals surface area contributed by atoms with Gasteiger partial charge in [-0.15, -0.1) is 12.8 Å². The van der Waals surface area contributed by atoms with Gasteiger partial charge < -0.3 is 20.6 Å². The molecule has 0 atom stereocenters. The van der Waals surface area contributed by atoms with Gasteiger partial charge in [0.2, 0.25) is 23.6 Å². The Balaban J connectivity index is 0.000000187. The van der Waals surface area contributed by atoms with Crippen LogP contribution in [0.5, 0.6) is 0 Å². The molecule has 316 valence electrons. The number of terminal acetylenes is 2. The summed E-state index contributed by atoms with van der Waals surface area (Å²) in [6, 6.07) is 11.4. The number of nitrogens with zero attached hydrogens (tertiary/aromatic N) is 2. The van der Waals surface area contributed by atoms with E-state index in [2.05, 4.69) is 79.0 Å². The third-order valence-corrected chi connectivity index (χ3v) is 11.7. The number of rotatable bonds is 8. The number of imide groups is 2. The largest absolute Gasteiger partial charge is 0.327 e. The maximum Gasteiger partial charge on any atom is 0.291 e. The molecule has 2 fully saturated rings. The average molecular weight is 833 g/mol. The summed E-state index contributed by atoms with van der Waals surface area (Å²) < 4.78 is 0. The predicted octanol–water partition coefficient (Wildman–Crippen LogP) is 6.88. The van der Waals surface area contributed by atoms with Crippen LogP contribution in [0.25, 0.3) is 11.1 Å². The predicted molar refractivity (Wildman–Crippen MR) is 234 cm³/mol. The topological polar surface area (TPSA) is 208 Å². The molecule has 2 aliphatic heterocycles. The van der Waals surface area contributed by atoms with E-state index in [0.29, 0.717) is 22.8 Å². The fraction of sp³-hybridized carbons (Fsp3) is 0.333. The van der Waals surface area contributed by atoms with Crippen molar-refractivity contribution in [1.82, 2.24) is 30.6 Å². The molecule has 0 unspecified atom stereocenters. The Kier molecular flexibility index (Phi) is 12.8. The van der Waals surface area contributed by atoms with Crippen molar-refractivity contribution in [3.8, 4) is 24.7 Å². The highest BCUT2D eigenvalue weighted by molar-refractivity contribution is 6.05. The van der Waals surface area contributed by atoms with E-state index in [9.17, 15) is 28.8 Å². The average Bonchev–Trinajstić information content (AvgIpc) is 3.95. The van der Waals surface area contributed by atoms with E-state index in [1.54, 1.807) is 0 Å². The molecule has 4 aromatic rings. The van der Waals surface area contributed by atoms with E-state index in [1.165, 1.54) is 12.4 Å². The van der Waals surface area contributed by atoms with Gasteiger partial charge in [-0.1, -0.05) is 50.0 Å². The molecular weight excluding hydrogens is 785 g/mol. The highest BCUT2D eigenvalue weighted by Crippen LogP contribution is 2.42. The Morgan fingerprint density at radius 2 is 1.15 bits per heavy atom. The molecule has 6 amide bonds. The van der Waals surface area contributed by atoms with Gasteiger partial charge in [0.05, 0.1) is 12.4 Å². The number of H-pyrrole nitrogens is 2. The van der Waals surface area contributed by atoms with E-state index in [4.69, 9.17) is 12.8 Å². The second-order valence-electron chi connectivity index (χ2n) is 16.8. The van der Waals surface area contributed by atoms with Crippen LogP contribution in [0.1, 0.15) is 151 Å². The number of allylic oxidation sites excluding steroid dienone is 4. The minimum atomic E-state index is -0.385. The number of aromatic amines is 2. The van der Waals surface area contributed by atoms with Crippen LogP contribution in [0.3, 0.4) is 0 Å². The smallest absolute Gasteiger partial charge is 0.291 e. The molecule has 0 radical (unpaired) electrons. The summed E-state index contributed by atoms with van der Waals surface area (Å²) in [4.78, 5) is 86.5. The highest BCUT2D eigenvalue weighted by Gasteiger charge is 2.30. The van der Waals surface area contributed by atoms with E-state index in [1.807, 2.05) is 36.4 Å². The van der Waals surface area contributed by atoms with Crippen molar-refractivity contribution in [3.05, 3.63) is 106 Å². The first-order valence-corrected chi connectivity index (χ1v) is 20.8. The quantitative estimate of drug-likeness (QED) is 0.0813. The molecule has 6 N–H and O–H groups in total. The molecule has 2 aromatic carbocycles. The van der Waals surface area contributed by atoms with Crippen molar-refractivity contribution in [2.75, 3.05) is 10.6 Å². The Labute approximate surface area is 359 Å². The summed E-state index contributed by atoms with van der Waals surface area (Å²) in [6.07, 6.45) is 26.0. The number of aromatic nitrogens is 4. The Morgan fingerprint density at radius 3 is 1.53 bits per heavy atom. The Bertz CT molecular complexity index is 2580. The Morgan fingerprint density at radius 1 is 0.677 bits per heavy atom. The standard InChI is InChI=1S/C25H26N4O3.C23H22N4O3/c1-4-18-14-26-23(27-18)24(32)28-20-6-5-16(17-12-21(30)29-22(31)13-17)11-19(20)15-7-9-25(2,3)10-8-15;1-2-17-13-24-22(25-17)23(30)26-19-9-8-15(16-11-20(28)27-21(29)12-16)10-18(19)14-6-4-3-5-7-14/h1,5-7,11,14,17H,8-10,12-13H2,2-3H3,(H,26,27)(H,28,32)(H,29,30,31);1,6,8-10,13,16H,3-5,7,11-12H2,(H,24,25)(H,26,30)(H,27,28,29). The molecule has 2 aliphatic carbocycles. The SMILES string of the molecule is C#Cc1cnc(C(=O)Nc2ccc(C3CC(=O)NC(=O)C3)cc2C2=CCC(C)(C)CC2)[nH]1.C#Cc1cnc(C(=O)Nc2ccc(C3CC(=O)NC(=O)C3)cc2C2=CCCCC2)[nH]1. The van der Waals surface area contributed by atoms with Crippen molar-refractivity contribution in [2.45, 2.75) is 96.3 Å². The summed E-state index contributed by atoms with van der Waals surface area (Å²) in [5.74, 6) is 2.98. The number of piperidine rings is 2. The number of hydrogen-bond donors (Lipinski definition) is 6. The third kappa shape index (κ3) is 10.3. The fourth-order valence-electron chi connectivity index (χ4n) is 8.19. The number of carbonyl (C=O) groups excluding carboxylic acids is 6. The molecule has 14 heteroatoms. The number of anilines is 2. The number of carbonyl (C=O) groups is 6. The van der Waals surface area contributed by atoms with Crippen molar-refractivity contribution in [2.24, 2.45) is 5.41 Å². The molecule has 2 saturated heterocycles. The summed E-state index contributed by atoms with van der Waals surface area (Å²) in [7, 11) is 0. The van der Waals surface area contributed by atoms with E-state index in [-0.39, 0.29) is 90.0 Å². The summed E-state index contributed by atoms with van der Waals surface area (Å²) in [6.45, 7) is 4.48. The van der Waals surface area contributed by atoms with Crippen LogP contribution in [0.15, 0.2) is 60.9 Å². The molecular formula is C48H48N8O6. The number of imidazole rings is 2. The van der Waals surface area contributed by atoms with Gasteiger partial charge in [0, 0.05) is 60.0 Å². The van der Waals surface area contributed by atoms with Crippen molar-refractivity contribution in [1.29, 1.82) is 0 Å². The van der Waals surface area contributed by atoms with Gasteiger partial charge in [-0.3, -0.25) is 39.4 Å². The minimum Gasteiger partial charge on any atom is -0.327 e. The minimum absolute atomic E-state index is 0.140. The van der Waals surface area contributed by atoms with Crippen LogP contribution >= 0.6 is 0 Å². The van der Waals surface area contributed by atoms with Gasteiger partial charge in [-0.2, -0.15) is 0 Å². The molecule has 0 saturated carbocycles. The first-order chi connectivity index (χ1) is 29.8. The monoisotopic (exact) mass is 832 g/mol. The lowest BCUT2D eigenvalue weighted by atomic mass is 9.76. The molecule has 62 heavy (non-hydrogen) atoms. The zero-order chi connectivity index (χ0) is 44.0. The molecule has 2 aromatic heterocycles. The van der Waals surface area contributed by atoms with Crippen LogP contribution in [-0.4, -0.2) is 55.4 Å². The van der Waals surface area contributed by atoms with Crippen molar-refractivity contribution >= 4 is 58.0 Å². The van der Waals surface area contributed by atoms with Gasteiger partial charge in [-0.05, 0) is 96.9 Å². The third-order valence-electron chi connectivity index (χ3n) is 11.7. The van der Waals surface area contributed by atoms with Crippen LogP contribution < -0.4 is 21.3 Å². The fourth-order valence-corrected chi connectivity index (χ4v) is 8.19. The molecule has 4 aliphatic rings. The molecule has 14 nitrogen and oxygen atoms in total. The first-order valence-electron chi connectivity index (χ1n) is 20.8. The second kappa shape index (κ2) is 18.5. The van der Waals surface area contributed by atoms with Crippen molar-refractivity contribution < 1.29 is 28.8 Å². The number of hydrogen-bond acceptors (Lipinski definition) is 8. The van der Waals surface area contributed by atoms with Crippen LogP contribution in [0.4, 0.5) is 11.4 Å². The lowest BCUT2D eigenvalue weighted by molar-refractivity contribution is -0.135. The van der Waals surface area contributed by atoms with Gasteiger partial charge in [0.25, 0.3) is 11.8 Å². The van der Waals surface area contributed by atoms with Crippen LogP contribution in [0, 0.1) is 30.1 Å². The first kappa shape index (κ1) is 42.8. The van der Waals surface area contributed by atoms with Gasteiger partial charge >= 0.3 is 0 Å². The number of benzene rings is 2. The summed E-state index contributed by atoms with van der Waals surface area (Å²) >= 11 is 0. The molecule has 0 spiro atoms. The zero-order valence-corrected chi connectivity index (χ0v) is 34.7. The van der Waals surface area contributed by atoms with Gasteiger partial charge in [0.15, 0.2) is 11.6 Å². The zero-order valence-electron chi connectivity index (χ0n) is 34.7. The number of nitrogens with one attached hydrogen (secondary N) is 6. The lowest BCUT2D eigenvalue weighted by Gasteiger charge is -2.30. The van der Waals surface area contributed by atoms with E-state index in [0.717, 1.165) is 78.3 Å². The summed E-state index contributed by atoms with van der Waals surface area (Å²) in [5, 5.41) is 10.6. The molecule has 0 bridgehead atoms. The number of amides is 6. The maximum atomic E-state index is 12.8. The normalized spacial score (nSPS) is 17.8. The van der Waals surface area contributed by atoms with Crippen LogP contribution in [0.2, 0.25) is 0 Å². The second-order valence-corrected chi connectivity index (χ2v) is 16.8. The van der Waals surface area contributed by atoms with Gasteiger partial charge in [0.1, 0.15) is 11.4 Å². The highest BCUT2D eigenvalue weighted by atomic mass is 16.2. The van der Waals surface area contributed by atoms with E-state index < -0.39 is 0 Å². The molecule has 4 heterocycles.